The first-order valence-corrected chi connectivity index (χ1v) is 6.68. The molecule has 0 atom stereocenters. The van der Waals surface area contributed by atoms with Crippen LogP contribution in [-0.2, 0) is 33.7 Å². The number of benzene rings is 2. The van der Waals surface area contributed by atoms with E-state index >= 15 is 0 Å². The van der Waals surface area contributed by atoms with Gasteiger partial charge in [0.1, 0.15) is 0 Å². The molecule has 0 aromatic heterocycles. The minimum Gasteiger partial charge on any atom is -0.481 e. The minimum atomic E-state index is -0.833. The summed E-state index contributed by atoms with van der Waals surface area (Å²) in [5, 5.41) is 7.42. The number of hydrogen-bond donors (Lipinski definition) is 1. The van der Waals surface area contributed by atoms with E-state index in [0.717, 1.165) is 13.5 Å². The fraction of sp³-hybridized carbons (Fsp3) is 0.176. The smallest absolute Gasteiger partial charge is 0.300 e. The van der Waals surface area contributed by atoms with Crippen LogP contribution in [0.3, 0.4) is 0 Å². The Hall–Kier alpha value is -1.75. The Kier molecular flexibility index (Phi) is 7.18. The summed E-state index contributed by atoms with van der Waals surface area (Å²) in [6, 6.07) is 18.8. The van der Waals surface area contributed by atoms with Crippen LogP contribution in [0.25, 0.3) is 0 Å². The van der Waals surface area contributed by atoms with Crippen LogP contribution >= 0.6 is 0 Å². The topological polar surface area (TPSA) is 43.8 Å². The average Bonchev–Trinajstić information content (AvgIpc) is 2.77. The second kappa shape index (κ2) is 8.63. The summed E-state index contributed by atoms with van der Waals surface area (Å²) < 4.78 is 0. The number of anilines is 2. The summed E-state index contributed by atoms with van der Waals surface area (Å²) in [6.45, 7) is 5.28. The van der Waals surface area contributed by atoms with Crippen molar-refractivity contribution in [2.45, 2.75) is 13.5 Å². The molecule has 0 spiro atoms. The van der Waals surface area contributed by atoms with Crippen LogP contribution in [0.5, 0.6) is 0 Å². The number of carboxylic acid groups (broad SMARTS) is 1. The number of aliphatic carboxylic acids is 1. The second-order valence-electron chi connectivity index (χ2n) is 4.74. The van der Waals surface area contributed by atoms with Crippen molar-refractivity contribution in [3.05, 3.63) is 66.8 Å². The van der Waals surface area contributed by atoms with Gasteiger partial charge < -0.3 is 14.9 Å². The van der Waals surface area contributed by atoms with Gasteiger partial charge in [-0.2, -0.15) is 0 Å². The first-order chi connectivity index (χ1) is 10.1. The van der Waals surface area contributed by atoms with Gasteiger partial charge in [-0.3, -0.25) is 4.79 Å². The number of carboxylic acids is 1. The van der Waals surface area contributed by atoms with Gasteiger partial charge in [0, 0.05) is 42.9 Å². The number of para-hydroxylation sites is 2. The molecule has 2 aromatic carbocycles. The molecule has 5 heteroatoms. The van der Waals surface area contributed by atoms with Gasteiger partial charge in [-0.15, -0.1) is 0 Å². The van der Waals surface area contributed by atoms with Crippen LogP contribution in [0.1, 0.15) is 12.5 Å². The molecule has 2 aromatic rings. The van der Waals surface area contributed by atoms with Crippen LogP contribution in [0, 0.1) is 6.67 Å². The van der Waals surface area contributed by atoms with E-state index in [1.165, 1.54) is 16.9 Å². The largest absolute Gasteiger partial charge is 0.481 e. The van der Waals surface area contributed by atoms with E-state index in [-0.39, 0.29) is 22.4 Å². The fourth-order valence-corrected chi connectivity index (χ4v) is 2.15. The van der Waals surface area contributed by atoms with Gasteiger partial charge in [-0.05, 0) is 17.7 Å². The molecule has 4 nitrogen and oxygen atoms in total. The van der Waals surface area contributed by atoms with Crippen molar-refractivity contribution in [2.24, 2.45) is 0 Å². The van der Waals surface area contributed by atoms with Crippen molar-refractivity contribution in [1.82, 2.24) is 0 Å². The van der Waals surface area contributed by atoms with Crippen molar-refractivity contribution in [3.8, 4) is 0 Å². The molecule has 1 aliphatic rings. The van der Waals surface area contributed by atoms with Crippen molar-refractivity contribution in [1.29, 1.82) is 0 Å². The van der Waals surface area contributed by atoms with Crippen molar-refractivity contribution in [2.75, 3.05) is 16.8 Å². The van der Waals surface area contributed by atoms with Crippen molar-refractivity contribution >= 4 is 17.3 Å². The maximum atomic E-state index is 9.00. The molecule has 0 saturated carbocycles. The zero-order chi connectivity index (χ0) is 15.2. The van der Waals surface area contributed by atoms with Gasteiger partial charge in [0.05, 0.1) is 11.4 Å². The normalized spacial score (nSPS) is 11.9. The molecule has 0 bridgehead atoms. The molecule has 22 heavy (non-hydrogen) atoms. The molecule has 1 aliphatic heterocycles. The van der Waals surface area contributed by atoms with Crippen molar-refractivity contribution in [3.63, 3.8) is 0 Å². The first-order valence-electron chi connectivity index (χ1n) is 6.68. The summed E-state index contributed by atoms with van der Waals surface area (Å²) in [5.41, 5.74) is 3.73. The van der Waals surface area contributed by atoms with E-state index in [2.05, 4.69) is 60.1 Å². The van der Waals surface area contributed by atoms with E-state index in [0.29, 0.717) is 0 Å². The molecule has 3 radical (unpaired) electrons. The minimum absolute atomic E-state index is 0. The Morgan fingerprint density at radius 3 is 2.14 bits per heavy atom. The van der Waals surface area contributed by atoms with Gasteiger partial charge >= 0.3 is 0 Å². The van der Waals surface area contributed by atoms with E-state index < -0.39 is 5.97 Å². The molecule has 1 heterocycles. The molecule has 0 amide bonds. The Balaban J connectivity index is 0.000000436. The Morgan fingerprint density at radius 2 is 1.55 bits per heavy atom. The quantitative estimate of drug-likeness (QED) is 0.800. The average molecular weight is 390 g/mol. The van der Waals surface area contributed by atoms with Gasteiger partial charge in [0.25, 0.3) is 5.97 Å². The maximum absolute atomic E-state index is 9.00. The standard InChI is InChI=1S/C15H14N2.C2H4O2.Ag/c1-16-12-17(11-13-7-3-2-4-8-13)15-10-6-5-9-14(15)16;1-2(3)4;/h2-10H,11H2,1H3;1H3,(H,3,4);. The monoisotopic (exact) mass is 389 g/mol. The zero-order valence-electron chi connectivity index (χ0n) is 12.5. The predicted octanol–water partition coefficient (Wildman–Crippen LogP) is 3.23. The summed E-state index contributed by atoms with van der Waals surface area (Å²) in [4.78, 5) is 13.2. The van der Waals surface area contributed by atoms with Gasteiger partial charge in [0.15, 0.2) is 0 Å². The molecular formula is C17H18AgN2O2. The predicted molar refractivity (Wildman–Crippen MR) is 84.0 cm³/mol. The Morgan fingerprint density at radius 1 is 1.05 bits per heavy atom. The molecular weight excluding hydrogens is 372 g/mol. The Labute approximate surface area is 146 Å². The van der Waals surface area contributed by atoms with Crippen LogP contribution in [0.4, 0.5) is 11.4 Å². The number of carbonyl (C=O) groups is 1. The third-order valence-electron chi connectivity index (χ3n) is 2.99. The third-order valence-corrected chi connectivity index (χ3v) is 2.99. The number of rotatable bonds is 2. The molecule has 3 rings (SSSR count). The third kappa shape index (κ3) is 4.91. The zero-order valence-corrected chi connectivity index (χ0v) is 13.9. The summed E-state index contributed by atoms with van der Waals surface area (Å²) in [7, 11) is 2.03. The van der Waals surface area contributed by atoms with Crippen molar-refractivity contribution < 1.29 is 32.3 Å². The number of fused-ring (bicyclic) bond motifs is 1. The van der Waals surface area contributed by atoms with Gasteiger partial charge in [-0.25, -0.2) is 0 Å². The second-order valence-corrected chi connectivity index (χ2v) is 4.74. The summed E-state index contributed by atoms with van der Waals surface area (Å²) in [6.07, 6.45) is 0. The molecule has 0 unspecified atom stereocenters. The molecule has 0 fully saturated rings. The number of nitrogens with zero attached hydrogens (tertiary/aromatic N) is 2. The first kappa shape index (κ1) is 18.3. The van der Waals surface area contributed by atoms with Gasteiger partial charge in [0.2, 0.25) is 6.67 Å². The molecule has 119 valence electrons. The molecule has 0 saturated heterocycles. The van der Waals surface area contributed by atoms with Gasteiger partial charge in [-0.1, -0.05) is 42.5 Å². The van der Waals surface area contributed by atoms with E-state index in [9.17, 15) is 0 Å². The van der Waals surface area contributed by atoms with E-state index in [1.807, 2.05) is 18.0 Å². The fourth-order valence-electron chi connectivity index (χ4n) is 2.15. The summed E-state index contributed by atoms with van der Waals surface area (Å²) in [5.74, 6) is -0.833. The maximum Gasteiger partial charge on any atom is 0.300 e. The van der Waals surface area contributed by atoms with Crippen LogP contribution in [-0.4, -0.2) is 18.1 Å². The summed E-state index contributed by atoms with van der Waals surface area (Å²) >= 11 is 0. The van der Waals surface area contributed by atoms with E-state index in [1.54, 1.807) is 0 Å². The molecule has 1 N–H and O–H groups in total. The van der Waals surface area contributed by atoms with E-state index in [4.69, 9.17) is 9.90 Å². The van der Waals surface area contributed by atoms with Crippen LogP contribution in [0.2, 0.25) is 0 Å². The molecule has 0 aliphatic carbocycles. The van der Waals surface area contributed by atoms with Crippen LogP contribution in [0.15, 0.2) is 54.6 Å². The Bertz CT molecular complexity index is 601. The SMILES string of the molecule is CC(=O)O.CN1[C]N(Cc2ccccc2)c2ccccc21.[Ag]. The van der Waals surface area contributed by atoms with Crippen LogP contribution < -0.4 is 9.80 Å². The number of hydrogen-bond acceptors (Lipinski definition) is 3.